The number of hydrogen-bond donors (Lipinski definition) is 2. The van der Waals surface area contributed by atoms with Crippen molar-refractivity contribution in [1.82, 2.24) is 9.55 Å². The smallest absolute Gasteiger partial charge is 0.143 e. The van der Waals surface area contributed by atoms with Gasteiger partial charge in [0.25, 0.3) is 0 Å². The second-order valence-electron chi connectivity index (χ2n) is 3.29. The molecule has 2 aromatic rings. The van der Waals surface area contributed by atoms with Crippen LogP contribution in [0.25, 0.3) is 5.69 Å². The number of rotatable bonds is 2. The Morgan fingerprint density at radius 2 is 2.07 bits per heavy atom. The van der Waals surface area contributed by atoms with Gasteiger partial charge in [0.05, 0.1) is 12.0 Å². The predicted molar refractivity (Wildman–Crippen MR) is 56.3 cm³/mol. The van der Waals surface area contributed by atoms with E-state index in [1.807, 2.05) is 6.92 Å². The molecule has 0 bridgehead atoms. The summed E-state index contributed by atoms with van der Waals surface area (Å²) in [6.45, 7) is 1.95. The van der Waals surface area contributed by atoms with Crippen LogP contribution < -0.4 is 0 Å². The number of hydrogen-bond acceptors (Lipinski definition) is 3. The van der Waals surface area contributed by atoms with Gasteiger partial charge in [0.1, 0.15) is 11.5 Å². The maximum atomic E-state index is 9.67. The van der Waals surface area contributed by atoms with Crippen LogP contribution in [0.2, 0.25) is 0 Å². The highest BCUT2D eigenvalue weighted by Gasteiger charge is 2.08. The Balaban J connectivity index is 2.57. The van der Waals surface area contributed by atoms with E-state index in [4.69, 9.17) is 0 Å². The van der Waals surface area contributed by atoms with Gasteiger partial charge in [-0.25, -0.2) is 4.98 Å². The van der Waals surface area contributed by atoms with Gasteiger partial charge in [-0.2, -0.15) is 0 Å². The molecule has 15 heavy (non-hydrogen) atoms. The number of aromatic hydroxyl groups is 2. The first-order valence-corrected chi connectivity index (χ1v) is 4.75. The molecule has 2 rings (SSSR count). The summed E-state index contributed by atoms with van der Waals surface area (Å²) < 4.78 is 1.70. The fourth-order valence-corrected chi connectivity index (χ4v) is 1.50. The van der Waals surface area contributed by atoms with Crippen molar-refractivity contribution in [2.45, 2.75) is 13.3 Å². The van der Waals surface area contributed by atoms with E-state index in [9.17, 15) is 10.2 Å². The van der Waals surface area contributed by atoms with E-state index in [0.29, 0.717) is 12.1 Å². The third-order valence-electron chi connectivity index (χ3n) is 2.34. The first-order chi connectivity index (χ1) is 7.22. The minimum absolute atomic E-state index is 0.0442. The third-order valence-corrected chi connectivity index (χ3v) is 2.34. The number of phenolic OH excluding ortho intramolecular Hbond substituents is 2. The molecule has 4 heteroatoms. The summed E-state index contributed by atoms with van der Waals surface area (Å²) >= 11 is 0. The molecule has 78 valence electrons. The van der Waals surface area contributed by atoms with Crippen molar-refractivity contribution in [2.75, 3.05) is 0 Å². The Hall–Kier alpha value is -1.97. The summed E-state index contributed by atoms with van der Waals surface area (Å²) in [6, 6.07) is 3.11. The van der Waals surface area contributed by atoms with Crippen LogP contribution in [0.15, 0.2) is 30.9 Å². The van der Waals surface area contributed by atoms with Crippen molar-refractivity contribution in [1.29, 1.82) is 0 Å². The SMILES string of the molecule is CCc1cc(-n2ccnc2)c(O)cc1O. The lowest BCUT2D eigenvalue weighted by atomic mass is 10.1. The number of aryl methyl sites for hydroxylation is 1. The van der Waals surface area contributed by atoms with Crippen molar-refractivity contribution >= 4 is 0 Å². The largest absolute Gasteiger partial charge is 0.508 e. The molecule has 0 aliphatic rings. The summed E-state index contributed by atoms with van der Waals surface area (Å²) in [7, 11) is 0. The van der Waals surface area contributed by atoms with Gasteiger partial charge >= 0.3 is 0 Å². The van der Waals surface area contributed by atoms with Crippen LogP contribution in [-0.4, -0.2) is 19.8 Å². The van der Waals surface area contributed by atoms with Crippen LogP contribution in [-0.2, 0) is 6.42 Å². The van der Waals surface area contributed by atoms with Gasteiger partial charge in [-0.1, -0.05) is 6.92 Å². The van der Waals surface area contributed by atoms with Crippen molar-refractivity contribution in [3.05, 3.63) is 36.4 Å². The zero-order valence-electron chi connectivity index (χ0n) is 8.38. The maximum Gasteiger partial charge on any atom is 0.143 e. The fourth-order valence-electron chi connectivity index (χ4n) is 1.50. The van der Waals surface area contributed by atoms with Gasteiger partial charge in [-0.15, -0.1) is 0 Å². The Kier molecular flexibility index (Phi) is 2.33. The van der Waals surface area contributed by atoms with Gasteiger partial charge in [0, 0.05) is 18.5 Å². The van der Waals surface area contributed by atoms with E-state index < -0.39 is 0 Å². The monoisotopic (exact) mass is 204 g/mol. The minimum Gasteiger partial charge on any atom is -0.508 e. The molecule has 0 saturated heterocycles. The van der Waals surface area contributed by atoms with Gasteiger partial charge in [-0.3, -0.25) is 0 Å². The molecule has 1 heterocycles. The molecule has 1 aromatic heterocycles. The Morgan fingerprint density at radius 3 is 2.67 bits per heavy atom. The first kappa shape index (κ1) is 9.58. The highest BCUT2D eigenvalue weighted by Crippen LogP contribution is 2.30. The average Bonchev–Trinajstić information content (AvgIpc) is 2.71. The van der Waals surface area contributed by atoms with E-state index in [1.54, 1.807) is 29.4 Å². The predicted octanol–water partition coefficient (Wildman–Crippen LogP) is 1.85. The second kappa shape index (κ2) is 3.65. The van der Waals surface area contributed by atoms with E-state index in [0.717, 1.165) is 5.56 Å². The average molecular weight is 204 g/mol. The summed E-state index contributed by atoms with van der Waals surface area (Å²) in [4.78, 5) is 3.91. The van der Waals surface area contributed by atoms with Crippen LogP contribution in [0, 0.1) is 0 Å². The van der Waals surface area contributed by atoms with Crippen LogP contribution in [0.4, 0.5) is 0 Å². The van der Waals surface area contributed by atoms with Crippen molar-refractivity contribution < 1.29 is 10.2 Å². The molecule has 0 unspecified atom stereocenters. The highest BCUT2D eigenvalue weighted by atomic mass is 16.3. The summed E-state index contributed by atoms with van der Waals surface area (Å²) in [5.74, 6) is 0.168. The molecule has 0 saturated carbocycles. The lowest BCUT2D eigenvalue weighted by Gasteiger charge is -2.09. The van der Waals surface area contributed by atoms with E-state index >= 15 is 0 Å². The molecule has 1 aromatic carbocycles. The van der Waals surface area contributed by atoms with Crippen molar-refractivity contribution in [3.8, 4) is 17.2 Å². The maximum absolute atomic E-state index is 9.67. The van der Waals surface area contributed by atoms with E-state index in [-0.39, 0.29) is 11.5 Å². The summed E-state index contributed by atoms with van der Waals surface area (Å²) in [5, 5.41) is 19.2. The molecule has 0 aliphatic heterocycles. The number of nitrogens with zero attached hydrogens (tertiary/aromatic N) is 2. The van der Waals surface area contributed by atoms with Crippen molar-refractivity contribution in [2.24, 2.45) is 0 Å². The topological polar surface area (TPSA) is 58.3 Å². The Labute approximate surface area is 87.4 Å². The fraction of sp³-hybridized carbons (Fsp3) is 0.182. The molecule has 0 amide bonds. The Morgan fingerprint density at radius 1 is 1.27 bits per heavy atom. The van der Waals surface area contributed by atoms with Crippen LogP contribution in [0.5, 0.6) is 11.5 Å². The molecule has 0 spiro atoms. The lowest BCUT2D eigenvalue weighted by Crippen LogP contribution is -1.93. The van der Waals surface area contributed by atoms with Gasteiger partial charge < -0.3 is 14.8 Å². The quantitative estimate of drug-likeness (QED) is 0.784. The van der Waals surface area contributed by atoms with E-state index in [2.05, 4.69) is 4.98 Å². The molecular weight excluding hydrogens is 192 g/mol. The molecular formula is C11H12N2O2. The first-order valence-electron chi connectivity index (χ1n) is 4.75. The van der Waals surface area contributed by atoms with Crippen molar-refractivity contribution in [3.63, 3.8) is 0 Å². The molecule has 0 radical (unpaired) electrons. The number of phenols is 2. The second-order valence-corrected chi connectivity index (χ2v) is 3.29. The Bertz CT molecular complexity index is 464. The summed E-state index contributed by atoms with van der Waals surface area (Å²) in [6.07, 6.45) is 5.70. The number of aromatic nitrogens is 2. The molecule has 0 aliphatic carbocycles. The minimum atomic E-state index is 0.0442. The zero-order valence-corrected chi connectivity index (χ0v) is 8.38. The van der Waals surface area contributed by atoms with Crippen LogP contribution in [0.3, 0.4) is 0 Å². The van der Waals surface area contributed by atoms with Crippen LogP contribution >= 0.6 is 0 Å². The third kappa shape index (κ3) is 1.66. The normalized spacial score (nSPS) is 10.5. The zero-order chi connectivity index (χ0) is 10.8. The summed E-state index contributed by atoms with van der Waals surface area (Å²) in [5.41, 5.74) is 1.43. The van der Waals surface area contributed by atoms with Crippen LogP contribution in [0.1, 0.15) is 12.5 Å². The highest BCUT2D eigenvalue weighted by molar-refractivity contribution is 5.53. The number of imidazole rings is 1. The van der Waals surface area contributed by atoms with Gasteiger partial charge in [-0.05, 0) is 18.1 Å². The standard InChI is InChI=1S/C11H12N2O2/c1-2-8-5-9(11(15)6-10(8)14)13-4-3-12-7-13/h3-7,14-15H,2H2,1H3. The molecule has 2 N–H and O–H groups in total. The molecule has 0 fully saturated rings. The molecule has 4 nitrogen and oxygen atoms in total. The van der Waals surface area contributed by atoms with E-state index in [1.165, 1.54) is 6.07 Å². The number of benzene rings is 1. The molecule has 0 atom stereocenters. The van der Waals surface area contributed by atoms with Gasteiger partial charge in [0.2, 0.25) is 0 Å². The lowest BCUT2D eigenvalue weighted by molar-refractivity contribution is 0.444. The van der Waals surface area contributed by atoms with Gasteiger partial charge in [0.15, 0.2) is 0 Å².